The van der Waals surface area contributed by atoms with Crippen molar-refractivity contribution in [2.45, 2.75) is 31.3 Å². The summed E-state index contributed by atoms with van der Waals surface area (Å²) in [5.74, 6) is -1.13. The summed E-state index contributed by atoms with van der Waals surface area (Å²) >= 11 is 5.86. The Morgan fingerprint density at radius 1 is 1.31 bits per heavy atom. The maximum atomic E-state index is 13.9. The molecule has 0 spiro atoms. The van der Waals surface area contributed by atoms with Gasteiger partial charge in [0.1, 0.15) is 5.82 Å². The monoisotopic (exact) mass is 447 g/mol. The number of carbonyl (C=O) groups excluding carboxylic acids is 1. The number of amides is 1. The van der Waals surface area contributed by atoms with Crippen LogP contribution in [-0.2, 0) is 14.8 Å². The molecule has 162 valence electrons. The molecule has 0 aliphatic carbocycles. The Kier molecular flexibility index (Phi) is 7.50. The largest absolute Gasteiger partial charge is 0.381 e. The number of nitrogens with zero attached hydrogens (tertiary/aromatic N) is 2. The lowest BCUT2D eigenvalue weighted by atomic mass is 10.0. The van der Waals surface area contributed by atoms with Gasteiger partial charge in [-0.2, -0.15) is 0 Å². The average Bonchev–Trinajstić information content (AvgIpc) is 3.18. The van der Waals surface area contributed by atoms with Crippen molar-refractivity contribution in [1.82, 2.24) is 14.5 Å². The van der Waals surface area contributed by atoms with Crippen LogP contribution in [0.5, 0.6) is 0 Å². The van der Waals surface area contributed by atoms with Gasteiger partial charge in [-0.1, -0.05) is 11.6 Å². The van der Waals surface area contributed by atoms with E-state index in [2.05, 4.69) is 10.2 Å². The first-order chi connectivity index (χ1) is 13.8. The SMILES string of the molecule is CS(=O)(=O)N1CCC(N(CCNC(=O)c2cc(Cl)ccc2F)C2CCOCC2)C1. The molecule has 1 N–H and O–H groups in total. The molecule has 2 heterocycles. The van der Waals surface area contributed by atoms with Gasteiger partial charge in [0.25, 0.3) is 5.91 Å². The first-order valence-corrected chi connectivity index (χ1v) is 12.0. The minimum atomic E-state index is -3.22. The van der Waals surface area contributed by atoms with E-state index in [0.717, 1.165) is 19.3 Å². The minimum absolute atomic E-state index is 0.0840. The molecule has 1 unspecified atom stereocenters. The van der Waals surface area contributed by atoms with Crippen molar-refractivity contribution in [2.75, 3.05) is 45.6 Å². The molecule has 0 radical (unpaired) electrons. The summed E-state index contributed by atoms with van der Waals surface area (Å²) in [7, 11) is -3.22. The Morgan fingerprint density at radius 2 is 2.03 bits per heavy atom. The van der Waals surface area contributed by atoms with E-state index < -0.39 is 21.7 Å². The van der Waals surface area contributed by atoms with Gasteiger partial charge < -0.3 is 10.1 Å². The first-order valence-electron chi connectivity index (χ1n) is 9.77. The summed E-state index contributed by atoms with van der Waals surface area (Å²) in [6.45, 7) is 3.18. The second-order valence-electron chi connectivity index (χ2n) is 7.52. The van der Waals surface area contributed by atoms with E-state index in [1.54, 1.807) is 0 Å². The fraction of sp³-hybridized carbons (Fsp3) is 0.632. The van der Waals surface area contributed by atoms with E-state index in [9.17, 15) is 17.6 Å². The summed E-state index contributed by atoms with van der Waals surface area (Å²) in [4.78, 5) is 14.6. The number of hydrogen-bond acceptors (Lipinski definition) is 5. The summed E-state index contributed by atoms with van der Waals surface area (Å²) in [5.41, 5.74) is -0.0840. The Morgan fingerprint density at radius 3 is 2.69 bits per heavy atom. The van der Waals surface area contributed by atoms with Gasteiger partial charge in [-0.25, -0.2) is 17.1 Å². The molecule has 2 aliphatic rings. The maximum absolute atomic E-state index is 13.9. The smallest absolute Gasteiger partial charge is 0.254 e. The second kappa shape index (κ2) is 9.70. The summed E-state index contributed by atoms with van der Waals surface area (Å²) in [6, 6.07) is 4.24. The van der Waals surface area contributed by atoms with Crippen molar-refractivity contribution in [3.63, 3.8) is 0 Å². The fourth-order valence-corrected chi connectivity index (χ4v) is 5.08. The zero-order valence-electron chi connectivity index (χ0n) is 16.4. The number of halogens is 2. The quantitative estimate of drug-likeness (QED) is 0.688. The fourth-order valence-electron chi connectivity index (χ4n) is 4.03. The van der Waals surface area contributed by atoms with E-state index >= 15 is 0 Å². The predicted octanol–water partition coefficient (Wildman–Crippen LogP) is 1.72. The minimum Gasteiger partial charge on any atom is -0.381 e. The lowest BCUT2D eigenvalue weighted by Crippen LogP contribution is -2.50. The topological polar surface area (TPSA) is 79.0 Å². The van der Waals surface area contributed by atoms with Gasteiger partial charge >= 0.3 is 0 Å². The molecule has 1 aromatic carbocycles. The first kappa shape index (κ1) is 22.4. The van der Waals surface area contributed by atoms with Gasteiger partial charge in [0.2, 0.25) is 10.0 Å². The van der Waals surface area contributed by atoms with Gasteiger partial charge in [-0.3, -0.25) is 9.69 Å². The van der Waals surface area contributed by atoms with Gasteiger partial charge in [0, 0.05) is 56.5 Å². The van der Waals surface area contributed by atoms with Crippen LogP contribution in [0.4, 0.5) is 4.39 Å². The molecule has 0 saturated carbocycles. The molecule has 0 aromatic heterocycles. The van der Waals surface area contributed by atoms with Crippen LogP contribution in [0, 0.1) is 5.82 Å². The van der Waals surface area contributed by atoms with Crippen molar-refractivity contribution in [3.8, 4) is 0 Å². The molecular weight excluding hydrogens is 421 g/mol. The second-order valence-corrected chi connectivity index (χ2v) is 9.94. The number of rotatable bonds is 7. The molecule has 3 rings (SSSR count). The highest BCUT2D eigenvalue weighted by Crippen LogP contribution is 2.24. The molecule has 7 nitrogen and oxygen atoms in total. The van der Waals surface area contributed by atoms with Crippen LogP contribution >= 0.6 is 11.6 Å². The van der Waals surface area contributed by atoms with Crippen LogP contribution < -0.4 is 5.32 Å². The van der Waals surface area contributed by atoms with E-state index in [1.165, 1.54) is 28.8 Å². The Labute approximate surface area is 176 Å². The predicted molar refractivity (Wildman–Crippen MR) is 109 cm³/mol. The molecule has 2 saturated heterocycles. The van der Waals surface area contributed by atoms with Crippen LogP contribution in [0.15, 0.2) is 18.2 Å². The molecule has 10 heteroatoms. The standard InChI is InChI=1S/C19H27ClFN3O4S/c1-29(26,27)23-8-4-16(13-23)24(15-5-10-28-11-6-15)9-7-22-19(25)17-12-14(20)2-3-18(17)21/h2-3,12,15-16H,4-11,13H2,1H3,(H,22,25). The van der Waals surface area contributed by atoms with E-state index in [1.807, 2.05) is 0 Å². The molecule has 2 fully saturated rings. The number of sulfonamides is 1. The zero-order valence-corrected chi connectivity index (χ0v) is 18.0. The third-order valence-electron chi connectivity index (χ3n) is 5.55. The molecule has 1 amide bonds. The number of carbonyl (C=O) groups is 1. The highest BCUT2D eigenvalue weighted by molar-refractivity contribution is 7.88. The number of nitrogens with one attached hydrogen (secondary N) is 1. The Balaban J connectivity index is 1.63. The third-order valence-corrected chi connectivity index (χ3v) is 7.06. The Hall–Kier alpha value is -1.26. The van der Waals surface area contributed by atoms with E-state index in [-0.39, 0.29) is 17.6 Å². The summed E-state index contributed by atoms with van der Waals surface area (Å²) in [5, 5.41) is 3.06. The number of benzene rings is 1. The molecule has 2 aliphatic heterocycles. The lowest BCUT2D eigenvalue weighted by Gasteiger charge is -2.38. The highest BCUT2D eigenvalue weighted by Gasteiger charge is 2.35. The molecule has 1 atom stereocenters. The van der Waals surface area contributed by atoms with Crippen molar-refractivity contribution in [1.29, 1.82) is 0 Å². The number of hydrogen-bond donors (Lipinski definition) is 1. The van der Waals surface area contributed by atoms with Crippen molar-refractivity contribution in [3.05, 3.63) is 34.6 Å². The number of ether oxygens (including phenoxy) is 1. The van der Waals surface area contributed by atoms with Crippen LogP contribution in [0.3, 0.4) is 0 Å². The molecule has 29 heavy (non-hydrogen) atoms. The Bertz CT molecular complexity index is 833. The average molecular weight is 448 g/mol. The third kappa shape index (κ3) is 5.88. The van der Waals surface area contributed by atoms with Crippen LogP contribution in [-0.4, -0.2) is 81.3 Å². The summed E-state index contributed by atoms with van der Waals surface area (Å²) in [6.07, 6.45) is 3.72. The summed E-state index contributed by atoms with van der Waals surface area (Å²) < 4.78 is 44.6. The zero-order chi connectivity index (χ0) is 21.0. The van der Waals surface area contributed by atoms with Gasteiger partial charge in [-0.15, -0.1) is 0 Å². The highest BCUT2D eigenvalue weighted by atomic mass is 35.5. The van der Waals surface area contributed by atoms with Crippen molar-refractivity contribution < 1.29 is 22.3 Å². The van der Waals surface area contributed by atoms with Crippen LogP contribution in [0.25, 0.3) is 0 Å². The van der Waals surface area contributed by atoms with Gasteiger partial charge in [0.05, 0.1) is 11.8 Å². The van der Waals surface area contributed by atoms with Gasteiger partial charge in [-0.05, 0) is 37.5 Å². The molecule has 1 aromatic rings. The van der Waals surface area contributed by atoms with Crippen LogP contribution in [0.1, 0.15) is 29.6 Å². The molecular formula is C19H27ClFN3O4S. The lowest BCUT2D eigenvalue weighted by molar-refractivity contribution is 0.0194. The van der Waals surface area contributed by atoms with Gasteiger partial charge in [0.15, 0.2) is 0 Å². The van der Waals surface area contributed by atoms with Crippen molar-refractivity contribution >= 4 is 27.5 Å². The molecule has 0 bridgehead atoms. The van der Waals surface area contributed by atoms with Crippen LogP contribution in [0.2, 0.25) is 5.02 Å². The maximum Gasteiger partial charge on any atom is 0.254 e. The van der Waals surface area contributed by atoms with E-state index in [4.69, 9.17) is 16.3 Å². The van der Waals surface area contributed by atoms with E-state index in [0.29, 0.717) is 44.4 Å². The normalized spacial score (nSPS) is 21.6. The van der Waals surface area contributed by atoms with Crippen molar-refractivity contribution in [2.24, 2.45) is 0 Å².